The van der Waals surface area contributed by atoms with Gasteiger partial charge in [-0.2, -0.15) is 0 Å². The van der Waals surface area contributed by atoms with Crippen molar-refractivity contribution >= 4 is 29.1 Å². The molecule has 1 aromatic carbocycles. The third kappa shape index (κ3) is 3.23. The number of nitrogens with one attached hydrogen (secondary N) is 1. The average Bonchev–Trinajstić information content (AvgIpc) is 2.96. The number of carbonyl (C=O) groups is 2. The lowest BCUT2D eigenvalue weighted by Gasteiger charge is -2.17. The fraction of sp³-hybridized carbons (Fsp3) is 0.294. The zero-order valence-electron chi connectivity index (χ0n) is 13.2. The van der Waals surface area contributed by atoms with Gasteiger partial charge in [-0.15, -0.1) is 0 Å². The molecule has 0 bridgehead atoms. The highest BCUT2D eigenvalue weighted by Gasteiger charge is 2.34. The Kier molecular flexibility index (Phi) is 4.76. The van der Waals surface area contributed by atoms with Gasteiger partial charge in [0.1, 0.15) is 12.4 Å². The van der Waals surface area contributed by atoms with E-state index in [0.29, 0.717) is 35.7 Å². The van der Waals surface area contributed by atoms with Crippen LogP contribution in [0.4, 0.5) is 5.69 Å². The third-order valence-electron chi connectivity index (χ3n) is 4.02. The highest BCUT2D eigenvalue weighted by Crippen LogP contribution is 2.23. The van der Waals surface area contributed by atoms with Gasteiger partial charge in [0.05, 0.1) is 11.3 Å². The van der Waals surface area contributed by atoms with Crippen molar-refractivity contribution in [1.82, 2.24) is 15.3 Å². The summed E-state index contributed by atoms with van der Waals surface area (Å²) in [6.07, 6.45) is 4.08. The van der Waals surface area contributed by atoms with Crippen LogP contribution in [-0.4, -0.2) is 34.4 Å². The maximum Gasteiger partial charge on any atom is 0.255 e. The number of anilines is 1. The van der Waals surface area contributed by atoms with E-state index >= 15 is 0 Å². The highest BCUT2D eigenvalue weighted by molar-refractivity contribution is 6.30. The molecule has 1 N–H and O–H groups in total. The van der Waals surface area contributed by atoms with Gasteiger partial charge in [0.15, 0.2) is 0 Å². The molecule has 0 radical (unpaired) electrons. The molecule has 1 saturated heterocycles. The smallest absolute Gasteiger partial charge is 0.255 e. The molecule has 2 aromatic rings. The molecule has 0 aliphatic carbocycles. The van der Waals surface area contributed by atoms with Crippen molar-refractivity contribution in [3.8, 4) is 0 Å². The summed E-state index contributed by atoms with van der Waals surface area (Å²) in [5.41, 5.74) is 1.86. The zero-order valence-corrected chi connectivity index (χ0v) is 14.0. The predicted molar refractivity (Wildman–Crippen MR) is 91.1 cm³/mol. The minimum Gasteiger partial charge on any atom is -0.340 e. The Morgan fingerprint density at radius 2 is 2.12 bits per heavy atom. The van der Waals surface area contributed by atoms with Gasteiger partial charge in [-0.1, -0.05) is 18.5 Å². The summed E-state index contributed by atoms with van der Waals surface area (Å²) in [7, 11) is 0. The topological polar surface area (TPSA) is 75.2 Å². The number of benzene rings is 1. The first-order valence-electron chi connectivity index (χ1n) is 7.77. The molecule has 1 atom stereocenters. The summed E-state index contributed by atoms with van der Waals surface area (Å²) in [6.45, 7) is 2.47. The fourth-order valence-corrected chi connectivity index (χ4v) is 2.88. The molecule has 0 spiro atoms. The van der Waals surface area contributed by atoms with Gasteiger partial charge < -0.3 is 10.2 Å². The van der Waals surface area contributed by atoms with Crippen molar-refractivity contribution < 1.29 is 9.59 Å². The Bertz CT molecular complexity index is 763. The third-order valence-corrected chi connectivity index (χ3v) is 4.28. The standard InChI is InChI=1S/C17H17ClN4O2/c1-2-14-13(9-19-10-20-14)16(23)21-15-7-8-22(17(15)24)12-5-3-11(18)4-6-12/h3-6,9-10,15H,2,7-8H2,1H3,(H,21,23)/t15-/m0/s1. The van der Waals surface area contributed by atoms with E-state index in [0.717, 1.165) is 5.69 Å². The highest BCUT2D eigenvalue weighted by atomic mass is 35.5. The fourth-order valence-electron chi connectivity index (χ4n) is 2.75. The second-order valence-electron chi connectivity index (χ2n) is 5.52. The van der Waals surface area contributed by atoms with Crippen LogP contribution in [0.1, 0.15) is 29.4 Å². The van der Waals surface area contributed by atoms with Gasteiger partial charge in [-0.3, -0.25) is 9.59 Å². The molecule has 124 valence electrons. The number of hydrogen-bond donors (Lipinski definition) is 1. The zero-order chi connectivity index (χ0) is 17.1. The summed E-state index contributed by atoms with van der Waals surface area (Å²) in [6, 6.07) is 6.53. The molecule has 24 heavy (non-hydrogen) atoms. The Hall–Kier alpha value is -2.47. The summed E-state index contributed by atoms with van der Waals surface area (Å²) < 4.78 is 0. The maximum atomic E-state index is 12.6. The second kappa shape index (κ2) is 6.97. The molecule has 1 fully saturated rings. The molecule has 0 unspecified atom stereocenters. The van der Waals surface area contributed by atoms with Crippen molar-refractivity contribution in [2.75, 3.05) is 11.4 Å². The minimum absolute atomic E-state index is 0.124. The Morgan fingerprint density at radius 1 is 1.38 bits per heavy atom. The molecule has 2 heterocycles. The van der Waals surface area contributed by atoms with E-state index in [4.69, 9.17) is 11.6 Å². The minimum atomic E-state index is -0.543. The van der Waals surface area contributed by atoms with Crippen molar-refractivity contribution in [2.45, 2.75) is 25.8 Å². The molecule has 2 amide bonds. The van der Waals surface area contributed by atoms with Crippen LogP contribution >= 0.6 is 11.6 Å². The van der Waals surface area contributed by atoms with Crippen LogP contribution in [0.15, 0.2) is 36.8 Å². The van der Waals surface area contributed by atoms with Crippen LogP contribution in [-0.2, 0) is 11.2 Å². The molecular formula is C17H17ClN4O2. The molecule has 3 rings (SSSR count). The molecule has 1 aromatic heterocycles. The van der Waals surface area contributed by atoms with Crippen molar-refractivity contribution in [2.24, 2.45) is 0 Å². The lowest BCUT2D eigenvalue weighted by molar-refractivity contribution is -0.118. The van der Waals surface area contributed by atoms with Crippen LogP contribution in [0.3, 0.4) is 0 Å². The number of hydrogen-bond acceptors (Lipinski definition) is 4. The van der Waals surface area contributed by atoms with Crippen LogP contribution in [0, 0.1) is 0 Å². The number of aromatic nitrogens is 2. The van der Waals surface area contributed by atoms with Gasteiger partial charge >= 0.3 is 0 Å². The van der Waals surface area contributed by atoms with Gasteiger partial charge in [-0.05, 0) is 37.1 Å². The number of carbonyl (C=O) groups excluding carboxylic acids is 2. The number of aryl methyl sites for hydroxylation is 1. The second-order valence-corrected chi connectivity index (χ2v) is 5.95. The van der Waals surface area contributed by atoms with E-state index in [-0.39, 0.29) is 11.8 Å². The number of halogens is 1. The van der Waals surface area contributed by atoms with Crippen LogP contribution < -0.4 is 10.2 Å². The molecular weight excluding hydrogens is 328 g/mol. The molecule has 0 saturated carbocycles. The van der Waals surface area contributed by atoms with E-state index in [1.165, 1.54) is 12.5 Å². The Balaban J connectivity index is 1.71. The van der Waals surface area contributed by atoms with Gasteiger partial charge in [0.25, 0.3) is 5.91 Å². The summed E-state index contributed by atoms with van der Waals surface area (Å²) in [5.74, 6) is -0.440. The first-order valence-corrected chi connectivity index (χ1v) is 8.14. The molecule has 1 aliphatic rings. The van der Waals surface area contributed by atoms with E-state index in [1.807, 2.05) is 6.92 Å². The quantitative estimate of drug-likeness (QED) is 0.922. The molecule has 1 aliphatic heterocycles. The molecule has 6 nitrogen and oxygen atoms in total. The van der Waals surface area contributed by atoms with Crippen LogP contribution in [0.5, 0.6) is 0 Å². The summed E-state index contributed by atoms with van der Waals surface area (Å²) in [4.78, 5) is 34.7. The predicted octanol–water partition coefficient (Wildman–Crippen LogP) is 2.23. The first kappa shape index (κ1) is 16.4. The monoisotopic (exact) mass is 344 g/mol. The van der Waals surface area contributed by atoms with Crippen LogP contribution in [0.25, 0.3) is 0 Å². The number of rotatable bonds is 4. The first-order chi connectivity index (χ1) is 11.6. The van der Waals surface area contributed by atoms with E-state index in [1.54, 1.807) is 29.2 Å². The lowest BCUT2D eigenvalue weighted by Crippen LogP contribution is -2.42. The van der Waals surface area contributed by atoms with E-state index in [9.17, 15) is 9.59 Å². The number of amides is 2. The van der Waals surface area contributed by atoms with Gasteiger partial charge in [0, 0.05) is 23.5 Å². The number of nitrogens with zero attached hydrogens (tertiary/aromatic N) is 3. The van der Waals surface area contributed by atoms with Crippen LogP contribution in [0.2, 0.25) is 5.02 Å². The van der Waals surface area contributed by atoms with Crippen molar-refractivity contribution in [3.05, 3.63) is 53.1 Å². The SMILES string of the molecule is CCc1ncncc1C(=O)N[C@H]1CCN(c2ccc(Cl)cc2)C1=O. The lowest BCUT2D eigenvalue weighted by atomic mass is 10.1. The van der Waals surface area contributed by atoms with Crippen molar-refractivity contribution in [1.29, 1.82) is 0 Å². The van der Waals surface area contributed by atoms with Gasteiger partial charge in [0.2, 0.25) is 5.91 Å². The van der Waals surface area contributed by atoms with E-state index < -0.39 is 6.04 Å². The Labute approximate surface area is 144 Å². The van der Waals surface area contributed by atoms with Crippen molar-refractivity contribution in [3.63, 3.8) is 0 Å². The molecule has 7 heteroatoms. The van der Waals surface area contributed by atoms with E-state index in [2.05, 4.69) is 15.3 Å². The average molecular weight is 345 g/mol. The largest absolute Gasteiger partial charge is 0.340 e. The Morgan fingerprint density at radius 3 is 2.83 bits per heavy atom. The normalized spacial score (nSPS) is 17.2. The summed E-state index contributed by atoms with van der Waals surface area (Å²) >= 11 is 5.88. The maximum absolute atomic E-state index is 12.6. The van der Waals surface area contributed by atoms with Gasteiger partial charge in [-0.25, -0.2) is 9.97 Å². The summed E-state index contributed by atoms with van der Waals surface area (Å²) in [5, 5.41) is 3.41.